The summed E-state index contributed by atoms with van der Waals surface area (Å²) in [6.07, 6.45) is 1.58. The van der Waals surface area contributed by atoms with Gasteiger partial charge in [0.2, 0.25) is 0 Å². The molecule has 0 unspecified atom stereocenters. The first-order valence-electron chi connectivity index (χ1n) is 8.48. The first-order chi connectivity index (χ1) is 12.5. The Morgan fingerprint density at radius 2 is 1.69 bits per heavy atom. The second kappa shape index (κ2) is 8.17. The van der Waals surface area contributed by atoms with Crippen molar-refractivity contribution in [1.82, 2.24) is 9.78 Å². The first kappa shape index (κ1) is 18.2. The third kappa shape index (κ3) is 4.31. The van der Waals surface area contributed by atoms with Crippen LogP contribution in [0.3, 0.4) is 0 Å². The number of halogens is 1. The van der Waals surface area contributed by atoms with E-state index in [-0.39, 0.29) is 10.6 Å². The Kier molecular flexibility index (Phi) is 5.71. The average molecular weight is 370 g/mol. The number of anilines is 1. The van der Waals surface area contributed by atoms with E-state index in [1.807, 2.05) is 30.3 Å². The summed E-state index contributed by atoms with van der Waals surface area (Å²) in [5, 5.41) is 7.55. The lowest BCUT2D eigenvalue weighted by atomic mass is 10.1. The number of aromatic nitrogens is 2. The van der Waals surface area contributed by atoms with Crippen molar-refractivity contribution in [1.29, 1.82) is 0 Å². The molecule has 134 valence electrons. The summed E-state index contributed by atoms with van der Waals surface area (Å²) in [6.45, 7) is 1.56. The minimum absolute atomic E-state index is 0.136. The molecule has 0 fully saturated rings. The van der Waals surface area contributed by atoms with Crippen LogP contribution in [0.25, 0.3) is 5.69 Å². The molecule has 0 radical (unpaired) electrons. The number of nitrogens with one attached hydrogen (secondary N) is 2. The second-order valence-electron chi connectivity index (χ2n) is 6.48. The van der Waals surface area contributed by atoms with Crippen LogP contribution in [-0.4, -0.2) is 23.9 Å². The molecule has 2 N–H and O–H groups in total. The van der Waals surface area contributed by atoms with Gasteiger partial charge in [0.05, 0.1) is 31.7 Å². The van der Waals surface area contributed by atoms with Gasteiger partial charge in [-0.05, 0) is 17.7 Å². The van der Waals surface area contributed by atoms with Crippen molar-refractivity contribution in [3.05, 3.63) is 87.3 Å². The SMILES string of the molecule is C[NH+](C)Cc1ccc(CNc2cnn(-c3ccccc3)c(=O)c2Cl)cc1. The van der Waals surface area contributed by atoms with Crippen molar-refractivity contribution in [3.8, 4) is 5.69 Å². The molecule has 6 heteroatoms. The van der Waals surface area contributed by atoms with Crippen LogP contribution in [-0.2, 0) is 13.1 Å². The highest BCUT2D eigenvalue weighted by molar-refractivity contribution is 6.32. The molecular weight excluding hydrogens is 348 g/mol. The minimum atomic E-state index is -0.341. The fraction of sp³-hybridized carbons (Fsp3) is 0.200. The van der Waals surface area contributed by atoms with Gasteiger partial charge in [-0.25, -0.2) is 0 Å². The molecule has 0 spiro atoms. The van der Waals surface area contributed by atoms with Gasteiger partial charge in [-0.15, -0.1) is 0 Å². The van der Waals surface area contributed by atoms with Gasteiger partial charge in [-0.1, -0.05) is 54.1 Å². The number of hydrogen-bond donors (Lipinski definition) is 2. The van der Waals surface area contributed by atoms with Crippen LogP contribution in [0, 0.1) is 0 Å². The maximum absolute atomic E-state index is 12.5. The molecule has 3 rings (SSSR count). The molecule has 5 nitrogen and oxygen atoms in total. The lowest BCUT2D eigenvalue weighted by molar-refractivity contribution is -0.872. The first-order valence-corrected chi connectivity index (χ1v) is 8.86. The summed E-state index contributed by atoms with van der Waals surface area (Å²) in [5.74, 6) is 0. The third-order valence-electron chi connectivity index (χ3n) is 3.98. The quantitative estimate of drug-likeness (QED) is 0.700. The molecule has 0 aliphatic heterocycles. The van der Waals surface area contributed by atoms with Crippen molar-refractivity contribution < 1.29 is 4.90 Å². The lowest BCUT2D eigenvalue weighted by Crippen LogP contribution is -3.04. The van der Waals surface area contributed by atoms with Gasteiger partial charge in [0, 0.05) is 12.1 Å². The van der Waals surface area contributed by atoms with Crippen LogP contribution in [0.15, 0.2) is 65.6 Å². The van der Waals surface area contributed by atoms with Crippen molar-refractivity contribution in [2.75, 3.05) is 19.4 Å². The van der Waals surface area contributed by atoms with Crippen molar-refractivity contribution >= 4 is 17.3 Å². The van der Waals surface area contributed by atoms with Crippen LogP contribution in [0.2, 0.25) is 5.02 Å². The van der Waals surface area contributed by atoms with Gasteiger partial charge in [-0.3, -0.25) is 4.79 Å². The van der Waals surface area contributed by atoms with Gasteiger partial charge >= 0.3 is 0 Å². The van der Waals surface area contributed by atoms with E-state index in [0.717, 1.165) is 12.1 Å². The predicted molar refractivity (Wildman–Crippen MR) is 105 cm³/mol. The summed E-state index contributed by atoms with van der Waals surface area (Å²) in [4.78, 5) is 13.9. The summed E-state index contributed by atoms with van der Waals surface area (Å²) < 4.78 is 1.30. The topological polar surface area (TPSA) is 51.4 Å². The molecule has 0 amide bonds. The molecule has 3 aromatic rings. The molecule has 0 saturated heterocycles. The van der Waals surface area contributed by atoms with E-state index < -0.39 is 0 Å². The zero-order valence-corrected chi connectivity index (χ0v) is 15.6. The van der Waals surface area contributed by atoms with E-state index in [2.05, 4.69) is 48.8 Å². The summed E-state index contributed by atoms with van der Waals surface area (Å²) >= 11 is 6.26. The van der Waals surface area contributed by atoms with E-state index in [1.165, 1.54) is 15.1 Å². The number of benzene rings is 2. The van der Waals surface area contributed by atoms with Crippen LogP contribution >= 0.6 is 11.6 Å². The number of nitrogens with zero attached hydrogens (tertiary/aromatic N) is 2. The monoisotopic (exact) mass is 369 g/mol. The van der Waals surface area contributed by atoms with E-state index in [1.54, 1.807) is 6.20 Å². The molecule has 0 aliphatic carbocycles. The van der Waals surface area contributed by atoms with E-state index in [9.17, 15) is 4.79 Å². The molecule has 1 heterocycles. The Balaban J connectivity index is 1.73. The smallest absolute Gasteiger partial charge is 0.292 e. The molecule has 0 atom stereocenters. The molecule has 0 aliphatic rings. The molecule has 26 heavy (non-hydrogen) atoms. The highest BCUT2D eigenvalue weighted by atomic mass is 35.5. The van der Waals surface area contributed by atoms with E-state index in [4.69, 9.17) is 11.6 Å². The highest BCUT2D eigenvalue weighted by Crippen LogP contribution is 2.18. The van der Waals surface area contributed by atoms with Crippen molar-refractivity contribution in [3.63, 3.8) is 0 Å². The summed E-state index contributed by atoms with van der Waals surface area (Å²) in [5.41, 5.74) is 3.28. The summed E-state index contributed by atoms with van der Waals surface area (Å²) in [7, 11) is 4.25. The lowest BCUT2D eigenvalue weighted by Gasteiger charge is -2.11. The maximum Gasteiger partial charge on any atom is 0.292 e. The molecule has 2 aromatic carbocycles. The normalized spacial score (nSPS) is 10.9. The Morgan fingerprint density at radius 1 is 1.04 bits per heavy atom. The zero-order valence-electron chi connectivity index (χ0n) is 14.9. The van der Waals surface area contributed by atoms with Crippen LogP contribution < -0.4 is 15.8 Å². The Morgan fingerprint density at radius 3 is 2.35 bits per heavy atom. The van der Waals surface area contributed by atoms with Crippen LogP contribution in [0.1, 0.15) is 11.1 Å². The van der Waals surface area contributed by atoms with Crippen LogP contribution in [0.5, 0.6) is 0 Å². The number of rotatable bonds is 6. The minimum Gasteiger partial charge on any atom is -0.378 e. The highest BCUT2D eigenvalue weighted by Gasteiger charge is 2.10. The van der Waals surface area contributed by atoms with Gasteiger partial charge < -0.3 is 10.2 Å². The number of quaternary nitrogens is 1. The van der Waals surface area contributed by atoms with Crippen molar-refractivity contribution in [2.45, 2.75) is 13.1 Å². The van der Waals surface area contributed by atoms with Crippen LogP contribution in [0.4, 0.5) is 5.69 Å². The van der Waals surface area contributed by atoms with Gasteiger partial charge in [0.25, 0.3) is 5.56 Å². The fourth-order valence-corrected chi connectivity index (χ4v) is 2.89. The number of para-hydroxylation sites is 1. The summed E-state index contributed by atoms with van der Waals surface area (Å²) in [6, 6.07) is 17.6. The predicted octanol–water partition coefficient (Wildman–Crippen LogP) is 2.14. The Hall–Kier alpha value is -2.63. The van der Waals surface area contributed by atoms with E-state index in [0.29, 0.717) is 17.9 Å². The standard InChI is InChI=1S/C20H21ClN4O/c1-24(2)14-16-10-8-15(9-11-16)12-22-18-13-23-25(20(26)19(18)21)17-6-4-3-5-7-17/h3-11,13,22H,12,14H2,1-2H3/p+1. The Bertz CT molecular complexity index is 921. The van der Waals surface area contributed by atoms with Gasteiger partial charge in [-0.2, -0.15) is 9.78 Å². The fourth-order valence-electron chi connectivity index (χ4n) is 2.69. The van der Waals surface area contributed by atoms with Crippen molar-refractivity contribution in [2.24, 2.45) is 0 Å². The molecule has 0 bridgehead atoms. The third-order valence-corrected chi connectivity index (χ3v) is 4.35. The number of hydrogen-bond acceptors (Lipinski definition) is 3. The Labute approximate surface area is 157 Å². The molecule has 0 saturated carbocycles. The molecule has 1 aromatic heterocycles. The largest absolute Gasteiger partial charge is 0.378 e. The van der Waals surface area contributed by atoms with Gasteiger partial charge in [0.15, 0.2) is 0 Å². The maximum atomic E-state index is 12.5. The average Bonchev–Trinajstić information content (AvgIpc) is 2.64. The second-order valence-corrected chi connectivity index (χ2v) is 6.86. The van der Waals surface area contributed by atoms with E-state index >= 15 is 0 Å². The van der Waals surface area contributed by atoms with Gasteiger partial charge in [0.1, 0.15) is 11.6 Å². The molecular formula is C20H22ClN4O+. The zero-order chi connectivity index (χ0) is 18.5.